The number of ether oxygens (including phenoxy) is 5. The van der Waals surface area contributed by atoms with Crippen LogP contribution in [0.25, 0.3) is 0 Å². The van der Waals surface area contributed by atoms with Crippen LogP contribution < -0.4 is 9.47 Å². The normalized spacial score (nSPS) is 27.0. The smallest absolute Gasteiger partial charge is 0.151 e. The first-order chi connectivity index (χ1) is 15.2. The van der Waals surface area contributed by atoms with Crippen molar-refractivity contribution in [3.63, 3.8) is 0 Å². The van der Waals surface area contributed by atoms with Crippen LogP contribution in [0.15, 0.2) is 53.5 Å². The molecule has 4 rings (SSSR count). The maximum Gasteiger partial charge on any atom is 0.151 e. The fourth-order valence-corrected chi connectivity index (χ4v) is 4.51. The zero-order chi connectivity index (χ0) is 21.6. The van der Waals surface area contributed by atoms with Gasteiger partial charge in [-0.25, -0.2) is 0 Å². The van der Waals surface area contributed by atoms with Gasteiger partial charge in [-0.3, -0.25) is 4.99 Å². The average Bonchev–Trinajstić information content (AvgIpc) is 3.30. The Kier molecular flexibility index (Phi) is 7.24. The lowest BCUT2D eigenvalue weighted by Gasteiger charge is -2.41. The Morgan fingerprint density at radius 2 is 1.45 bits per heavy atom. The first-order valence-electron chi connectivity index (χ1n) is 9.98. The van der Waals surface area contributed by atoms with Crippen LogP contribution in [0.2, 0.25) is 0 Å². The van der Waals surface area contributed by atoms with Crippen molar-refractivity contribution in [3.8, 4) is 11.5 Å². The highest BCUT2D eigenvalue weighted by Gasteiger charge is 2.49. The van der Waals surface area contributed by atoms with E-state index in [4.69, 9.17) is 23.7 Å². The molecule has 0 bridgehead atoms. The zero-order valence-electron chi connectivity index (χ0n) is 17.4. The molecule has 8 heteroatoms. The van der Waals surface area contributed by atoms with Crippen LogP contribution in [-0.2, 0) is 32.2 Å². The summed E-state index contributed by atoms with van der Waals surface area (Å²) in [6, 6.07) is 15.1. The molecule has 5 atom stereocenters. The van der Waals surface area contributed by atoms with Crippen molar-refractivity contribution in [2.45, 2.75) is 43.0 Å². The van der Waals surface area contributed by atoms with E-state index in [1.54, 1.807) is 19.8 Å². The van der Waals surface area contributed by atoms with Crippen LogP contribution in [0.3, 0.4) is 0 Å². The molecule has 1 fully saturated rings. The maximum atomic E-state index is 11.8. The molecule has 0 amide bonds. The predicted molar refractivity (Wildman–Crippen MR) is 118 cm³/mol. The van der Waals surface area contributed by atoms with Gasteiger partial charge in [0.2, 0.25) is 0 Å². The van der Waals surface area contributed by atoms with Crippen LogP contribution in [-0.4, -0.2) is 55.8 Å². The van der Waals surface area contributed by atoms with Crippen LogP contribution in [0.4, 0.5) is 0 Å². The highest BCUT2D eigenvalue weighted by Crippen LogP contribution is 2.36. The largest absolute Gasteiger partial charge is 0.497 e. The fourth-order valence-electron chi connectivity index (χ4n) is 3.60. The van der Waals surface area contributed by atoms with E-state index in [1.807, 2.05) is 48.5 Å². The molecule has 1 saturated heterocycles. The van der Waals surface area contributed by atoms with Gasteiger partial charge in [0.1, 0.15) is 41.3 Å². The minimum absolute atomic E-state index is 0.236. The molecule has 164 valence electrons. The van der Waals surface area contributed by atoms with E-state index in [1.165, 1.54) is 11.8 Å². The van der Waals surface area contributed by atoms with Gasteiger partial charge in [0.15, 0.2) is 6.29 Å². The molecule has 0 N–H and O–H groups in total. The Morgan fingerprint density at radius 1 is 0.903 bits per heavy atom. The van der Waals surface area contributed by atoms with Crippen LogP contribution >= 0.6 is 11.8 Å². The number of aldehydes is 1. The fraction of sp³-hybridized carbons (Fsp3) is 0.391. The second-order valence-corrected chi connectivity index (χ2v) is 8.18. The summed E-state index contributed by atoms with van der Waals surface area (Å²) in [4.78, 5) is 16.3. The molecular weight excluding hydrogens is 418 g/mol. The number of hydrogen-bond acceptors (Lipinski definition) is 8. The van der Waals surface area contributed by atoms with Crippen molar-refractivity contribution in [1.29, 1.82) is 0 Å². The lowest BCUT2D eigenvalue weighted by Crippen LogP contribution is -2.57. The van der Waals surface area contributed by atoms with Gasteiger partial charge in [0.05, 0.1) is 33.0 Å². The number of benzene rings is 2. The standard InChI is InChI=1S/C23H25NO6S/c1-26-17-7-3-15(4-8-17)12-28-21-19(11-25)30-23-20(24-14-31-23)22(21)29-13-16-5-9-18(27-2)10-6-16/h3-11,14,19-23H,12-13H2,1-2H3. The van der Waals surface area contributed by atoms with E-state index in [0.29, 0.717) is 13.2 Å². The lowest BCUT2D eigenvalue weighted by molar-refractivity contribution is -0.193. The monoisotopic (exact) mass is 443 g/mol. The topological polar surface area (TPSA) is 75.6 Å². The molecular formula is C23H25NO6S. The van der Waals surface area contributed by atoms with E-state index in [9.17, 15) is 4.79 Å². The van der Waals surface area contributed by atoms with Crippen LogP contribution in [0.1, 0.15) is 11.1 Å². The van der Waals surface area contributed by atoms with Gasteiger partial charge in [0, 0.05) is 0 Å². The van der Waals surface area contributed by atoms with Crippen molar-refractivity contribution in [2.24, 2.45) is 4.99 Å². The summed E-state index contributed by atoms with van der Waals surface area (Å²) in [6.07, 6.45) is -0.928. The molecule has 2 aliphatic rings. The van der Waals surface area contributed by atoms with Gasteiger partial charge in [-0.2, -0.15) is 0 Å². The van der Waals surface area contributed by atoms with Crippen molar-refractivity contribution >= 4 is 23.6 Å². The second-order valence-electron chi connectivity index (χ2n) is 7.23. The third-order valence-electron chi connectivity index (χ3n) is 5.32. The zero-order valence-corrected chi connectivity index (χ0v) is 18.2. The highest BCUT2D eigenvalue weighted by atomic mass is 32.2. The summed E-state index contributed by atoms with van der Waals surface area (Å²) in [5, 5.41) is 0. The van der Waals surface area contributed by atoms with Gasteiger partial charge in [-0.05, 0) is 35.4 Å². The van der Waals surface area contributed by atoms with Gasteiger partial charge in [0.25, 0.3) is 0 Å². The Labute approximate surface area is 185 Å². The Bertz CT molecular complexity index is 888. The number of carbonyl (C=O) groups is 1. The van der Waals surface area contributed by atoms with E-state index >= 15 is 0 Å². The molecule has 7 nitrogen and oxygen atoms in total. The maximum absolute atomic E-state index is 11.8. The van der Waals surface area contributed by atoms with E-state index < -0.39 is 18.3 Å². The number of hydrogen-bond donors (Lipinski definition) is 0. The van der Waals surface area contributed by atoms with Crippen molar-refractivity contribution in [3.05, 3.63) is 59.7 Å². The SMILES string of the molecule is COc1ccc(COC2C(C=O)OC3SC=NC3C2OCc2ccc(OC)cc2)cc1. The molecule has 2 aliphatic heterocycles. The quantitative estimate of drug-likeness (QED) is 0.551. The highest BCUT2D eigenvalue weighted by molar-refractivity contribution is 8.12. The van der Waals surface area contributed by atoms with E-state index in [-0.39, 0.29) is 11.5 Å². The van der Waals surface area contributed by atoms with E-state index in [2.05, 4.69) is 4.99 Å². The number of fused-ring (bicyclic) bond motifs is 1. The molecule has 2 heterocycles. The molecule has 0 aromatic heterocycles. The number of aliphatic imine (C=N–C) groups is 1. The van der Waals surface area contributed by atoms with Gasteiger partial charge >= 0.3 is 0 Å². The summed E-state index contributed by atoms with van der Waals surface area (Å²) in [7, 11) is 3.26. The summed E-state index contributed by atoms with van der Waals surface area (Å²) < 4.78 is 28.8. The third-order valence-corrected chi connectivity index (χ3v) is 6.22. The molecule has 2 aromatic rings. The number of rotatable bonds is 9. The predicted octanol–water partition coefficient (Wildman–Crippen LogP) is 3.24. The summed E-state index contributed by atoms with van der Waals surface area (Å²) >= 11 is 1.46. The Balaban J connectivity index is 1.48. The molecule has 0 spiro atoms. The van der Waals surface area contributed by atoms with Gasteiger partial charge in [-0.15, -0.1) is 0 Å². The molecule has 0 aliphatic carbocycles. The van der Waals surface area contributed by atoms with Crippen molar-refractivity contribution in [2.75, 3.05) is 14.2 Å². The minimum atomic E-state index is -0.727. The Morgan fingerprint density at radius 3 is 1.97 bits per heavy atom. The molecule has 2 aromatic carbocycles. The molecule has 5 unspecified atom stereocenters. The van der Waals surface area contributed by atoms with Crippen molar-refractivity contribution < 1.29 is 28.5 Å². The third kappa shape index (κ3) is 5.10. The second kappa shape index (κ2) is 10.3. The number of methoxy groups -OCH3 is 2. The first kappa shape index (κ1) is 21.8. The number of nitrogens with zero attached hydrogens (tertiary/aromatic N) is 1. The average molecular weight is 444 g/mol. The lowest BCUT2D eigenvalue weighted by atomic mass is 9.98. The summed E-state index contributed by atoms with van der Waals surface area (Å²) in [5.74, 6) is 1.56. The first-order valence-corrected chi connectivity index (χ1v) is 10.9. The minimum Gasteiger partial charge on any atom is -0.497 e. The van der Waals surface area contributed by atoms with Gasteiger partial charge < -0.3 is 28.5 Å². The number of carbonyl (C=O) groups excluding carboxylic acids is 1. The number of thioether (sulfide) groups is 1. The van der Waals surface area contributed by atoms with Crippen molar-refractivity contribution in [1.82, 2.24) is 0 Å². The van der Waals surface area contributed by atoms with E-state index in [0.717, 1.165) is 28.9 Å². The Hall–Kier alpha value is -2.39. The van der Waals surface area contributed by atoms with Crippen LogP contribution in [0.5, 0.6) is 11.5 Å². The molecule has 0 radical (unpaired) electrons. The van der Waals surface area contributed by atoms with Gasteiger partial charge in [-0.1, -0.05) is 36.0 Å². The van der Waals surface area contributed by atoms with Crippen LogP contribution in [0, 0.1) is 0 Å². The summed E-state index contributed by atoms with van der Waals surface area (Å²) in [5.41, 5.74) is 3.46. The molecule has 0 saturated carbocycles. The molecule has 31 heavy (non-hydrogen) atoms. The summed E-state index contributed by atoms with van der Waals surface area (Å²) in [6.45, 7) is 0.686.